The van der Waals surface area contributed by atoms with Gasteiger partial charge in [0, 0.05) is 7.11 Å². The average molecular weight is 307 g/mol. The molecule has 1 aromatic carbocycles. The average Bonchev–Trinajstić information content (AvgIpc) is 2.45. The van der Waals surface area contributed by atoms with Gasteiger partial charge in [-0.2, -0.15) is 0 Å². The van der Waals surface area contributed by atoms with Crippen LogP contribution in [-0.2, 0) is 20.7 Å². The molecule has 0 fully saturated rings. The molecule has 2 unspecified atom stereocenters. The summed E-state index contributed by atoms with van der Waals surface area (Å²) in [5.74, 6) is -0.725. The van der Waals surface area contributed by atoms with E-state index in [0.717, 1.165) is 11.3 Å². The number of para-hydroxylation sites is 1. The van der Waals surface area contributed by atoms with Gasteiger partial charge in [0.05, 0.1) is 24.5 Å². The van der Waals surface area contributed by atoms with Crippen molar-refractivity contribution in [2.45, 2.75) is 25.3 Å². The molecular weight excluding hydrogens is 286 g/mol. The van der Waals surface area contributed by atoms with Crippen molar-refractivity contribution < 1.29 is 24.2 Å². The number of hydrogen-bond acceptors (Lipinski definition) is 4. The largest absolute Gasteiger partial charge is 0.492 e. The van der Waals surface area contributed by atoms with Crippen molar-refractivity contribution in [1.82, 2.24) is 5.32 Å². The fraction of sp³-hybridized carbons (Fsp3) is 0.500. The number of carbonyl (C=O) groups is 2. The molecule has 0 saturated carbocycles. The number of hydrogen-bond donors (Lipinski definition) is 2. The zero-order valence-corrected chi connectivity index (χ0v) is 12.8. The lowest BCUT2D eigenvalue weighted by Gasteiger charge is -2.32. The first-order chi connectivity index (χ1) is 10.4. The fourth-order valence-electron chi connectivity index (χ4n) is 2.68. The number of carboxylic acid groups (broad SMARTS) is 1. The molecule has 1 aromatic rings. The molecule has 0 saturated heterocycles. The third-order valence-electron chi connectivity index (χ3n) is 3.68. The number of benzene rings is 1. The van der Waals surface area contributed by atoms with Crippen LogP contribution in [0.2, 0.25) is 0 Å². The molecule has 1 aliphatic heterocycles. The molecule has 0 aliphatic carbocycles. The number of methoxy groups -OCH3 is 1. The van der Waals surface area contributed by atoms with Crippen molar-refractivity contribution in [3.8, 4) is 5.75 Å². The predicted molar refractivity (Wildman–Crippen MR) is 79.8 cm³/mol. The van der Waals surface area contributed by atoms with Crippen LogP contribution < -0.4 is 10.1 Å². The highest BCUT2D eigenvalue weighted by Crippen LogP contribution is 2.27. The molecule has 0 aromatic heterocycles. The van der Waals surface area contributed by atoms with Crippen LogP contribution in [0.1, 0.15) is 18.9 Å². The van der Waals surface area contributed by atoms with Gasteiger partial charge >= 0.3 is 5.97 Å². The minimum Gasteiger partial charge on any atom is -0.492 e. The highest BCUT2D eigenvalue weighted by Gasteiger charge is 2.34. The second-order valence-corrected chi connectivity index (χ2v) is 5.87. The van der Waals surface area contributed by atoms with E-state index in [4.69, 9.17) is 14.6 Å². The molecule has 0 radical (unpaired) electrons. The molecule has 1 aliphatic rings. The molecule has 22 heavy (non-hydrogen) atoms. The predicted octanol–water partition coefficient (Wildman–Crippen LogP) is 1.23. The van der Waals surface area contributed by atoms with Crippen LogP contribution in [0.3, 0.4) is 0 Å². The number of amides is 1. The van der Waals surface area contributed by atoms with E-state index in [2.05, 4.69) is 5.32 Å². The summed E-state index contributed by atoms with van der Waals surface area (Å²) in [6.07, 6.45) is 0.384. The maximum absolute atomic E-state index is 12.4. The lowest BCUT2D eigenvalue weighted by atomic mass is 9.93. The number of carbonyl (C=O) groups excluding carboxylic acids is 1. The second kappa shape index (κ2) is 6.79. The Morgan fingerprint density at radius 2 is 2.18 bits per heavy atom. The van der Waals surface area contributed by atoms with Gasteiger partial charge in [-0.25, -0.2) is 0 Å². The first-order valence-corrected chi connectivity index (χ1v) is 7.17. The standard InChI is InChI=1S/C16H21NO5/c1-16(10-21-2,8-14(18)19)17-15(20)12-7-11-5-3-4-6-13(11)22-9-12/h3-6,12H,7-10H2,1-2H3,(H,17,20)(H,18,19). The van der Waals surface area contributed by atoms with E-state index in [9.17, 15) is 9.59 Å². The van der Waals surface area contributed by atoms with Crippen LogP contribution in [0.15, 0.2) is 24.3 Å². The Kier molecular flexibility index (Phi) is 5.03. The SMILES string of the molecule is COCC(C)(CC(=O)O)NC(=O)C1COc2ccccc2C1. The maximum atomic E-state index is 12.4. The highest BCUT2D eigenvalue weighted by molar-refractivity contribution is 5.81. The summed E-state index contributed by atoms with van der Waals surface area (Å²) in [5, 5.41) is 11.8. The minimum absolute atomic E-state index is 0.134. The van der Waals surface area contributed by atoms with Gasteiger partial charge in [-0.15, -0.1) is 0 Å². The molecule has 0 bridgehead atoms. The molecule has 120 valence electrons. The lowest BCUT2D eigenvalue weighted by Crippen LogP contribution is -2.53. The van der Waals surface area contributed by atoms with Crippen LogP contribution >= 0.6 is 0 Å². The molecule has 6 nitrogen and oxygen atoms in total. The molecule has 1 heterocycles. The van der Waals surface area contributed by atoms with Crippen LogP contribution in [0.5, 0.6) is 5.75 Å². The summed E-state index contributed by atoms with van der Waals surface area (Å²) in [6, 6.07) is 7.60. The third-order valence-corrected chi connectivity index (χ3v) is 3.68. The molecule has 1 amide bonds. The first kappa shape index (κ1) is 16.3. The normalized spacial score (nSPS) is 19.5. The van der Waals surface area contributed by atoms with Gasteiger partial charge in [-0.3, -0.25) is 9.59 Å². The summed E-state index contributed by atoms with van der Waals surface area (Å²) in [4.78, 5) is 23.4. The number of ether oxygens (including phenoxy) is 2. The third kappa shape index (κ3) is 3.98. The zero-order valence-electron chi connectivity index (χ0n) is 12.8. The van der Waals surface area contributed by atoms with Gasteiger partial charge in [0.15, 0.2) is 0 Å². The van der Waals surface area contributed by atoms with E-state index in [1.165, 1.54) is 7.11 Å². The monoisotopic (exact) mass is 307 g/mol. The number of nitrogens with one attached hydrogen (secondary N) is 1. The van der Waals surface area contributed by atoms with Gasteiger partial charge in [-0.1, -0.05) is 18.2 Å². The zero-order chi connectivity index (χ0) is 16.2. The molecule has 6 heteroatoms. The van der Waals surface area contributed by atoms with Gasteiger partial charge in [0.2, 0.25) is 5.91 Å². The van der Waals surface area contributed by atoms with E-state index in [0.29, 0.717) is 13.0 Å². The first-order valence-electron chi connectivity index (χ1n) is 7.17. The number of rotatable bonds is 6. The van der Waals surface area contributed by atoms with E-state index in [1.54, 1.807) is 6.92 Å². The van der Waals surface area contributed by atoms with Gasteiger partial charge in [0.25, 0.3) is 0 Å². The van der Waals surface area contributed by atoms with Crippen molar-refractivity contribution in [3.05, 3.63) is 29.8 Å². The number of fused-ring (bicyclic) bond motifs is 1. The Hall–Kier alpha value is -2.08. The Morgan fingerprint density at radius 3 is 2.86 bits per heavy atom. The summed E-state index contributed by atoms with van der Waals surface area (Å²) >= 11 is 0. The van der Waals surface area contributed by atoms with Crippen LogP contribution in [0, 0.1) is 5.92 Å². The Labute approximate surface area is 129 Å². The van der Waals surface area contributed by atoms with Crippen LogP contribution in [0.4, 0.5) is 0 Å². The molecule has 0 spiro atoms. The summed E-state index contributed by atoms with van der Waals surface area (Å²) in [7, 11) is 1.48. The van der Waals surface area contributed by atoms with Crippen LogP contribution in [0.25, 0.3) is 0 Å². The Bertz CT molecular complexity index is 559. The quantitative estimate of drug-likeness (QED) is 0.826. The maximum Gasteiger partial charge on any atom is 0.305 e. The summed E-state index contributed by atoms with van der Waals surface area (Å²) < 4.78 is 10.6. The number of aliphatic carboxylic acids is 1. The van der Waals surface area contributed by atoms with Gasteiger partial charge in [-0.05, 0) is 25.0 Å². The van der Waals surface area contributed by atoms with Gasteiger partial charge < -0.3 is 19.9 Å². The van der Waals surface area contributed by atoms with Crippen molar-refractivity contribution in [2.24, 2.45) is 5.92 Å². The molecule has 2 N–H and O–H groups in total. The van der Waals surface area contributed by atoms with E-state index in [-0.39, 0.29) is 24.9 Å². The van der Waals surface area contributed by atoms with Gasteiger partial charge in [0.1, 0.15) is 12.4 Å². The van der Waals surface area contributed by atoms with E-state index in [1.807, 2.05) is 24.3 Å². The smallest absolute Gasteiger partial charge is 0.305 e. The molecular formula is C16H21NO5. The van der Waals surface area contributed by atoms with Crippen molar-refractivity contribution in [1.29, 1.82) is 0 Å². The van der Waals surface area contributed by atoms with E-state index >= 15 is 0 Å². The van der Waals surface area contributed by atoms with Crippen molar-refractivity contribution in [2.75, 3.05) is 20.3 Å². The summed E-state index contributed by atoms with van der Waals surface area (Å²) in [6.45, 7) is 2.09. The second-order valence-electron chi connectivity index (χ2n) is 5.87. The fourth-order valence-corrected chi connectivity index (χ4v) is 2.68. The Morgan fingerprint density at radius 1 is 1.45 bits per heavy atom. The minimum atomic E-state index is -0.981. The van der Waals surface area contributed by atoms with Crippen molar-refractivity contribution in [3.63, 3.8) is 0 Å². The van der Waals surface area contributed by atoms with Crippen LogP contribution in [-0.4, -0.2) is 42.8 Å². The molecule has 2 atom stereocenters. The van der Waals surface area contributed by atoms with E-state index < -0.39 is 11.5 Å². The highest BCUT2D eigenvalue weighted by atomic mass is 16.5. The summed E-state index contributed by atoms with van der Waals surface area (Å²) in [5.41, 5.74) is 0.0508. The molecule has 2 rings (SSSR count). The number of carboxylic acids is 1. The van der Waals surface area contributed by atoms with Crippen molar-refractivity contribution >= 4 is 11.9 Å². The topological polar surface area (TPSA) is 84.9 Å². The Balaban J connectivity index is 2.04. The lowest BCUT2D eigenvalue weighted by molar-refractivity contribution is -0.140.